The topological polar surface area (TPSA) is 40.5 Å². The van der Waals surface area contributed by atoms with Crippen molar-refractivity contribution in [2.75, 3.05) is 6.54 Å². The first-order valence-electron chi connectivity index (χ1n) is 7.93. The van der Waals surface area contributed by atoms with E-state index in [-0.39, 0.29) is 0 Å². The second-order valence-electron chi connectivity index (χ2n) is 5.83. The van der Waals surface area contributed by atoms with Crippen LogP contribution in [0.1, 0.15) is 50.2 Å². The molecule has 3 nitrogen and oxygen atoms in total. The first kappa shape index (κ1) is 15.8. The van der Waals surface area contributed by atoms with Crippen molar-refractivity contribution in [3.05, 3.63) is 41.5 Å². The summed E-state index contributed by atoms with van der Waals surface area (Å²) >= 11 is 0. The maximum absolute atomic E-state index is 10.6. The molecule has 21 heavy (non-hydrogen) atoms. The molecule has 0 saturated carbocycles. The van der Waals surface area contributed by atoms with Gasteiger partial charge in [-0.25, -0.2) is 4.79 Å². The van der Waals surface area contributed by atoms with Crippen molar-refractivity contribution < 1.29 is 9.90 Å². The van der Waals surface area contributed by atoms with Gasteiger partial charge in [-0.15, -0.1) is 0 Å². The zero-order valence-electron chi connectivity index (χ0n) is 12.8. The fourth-order valence-corrected chi connectivity index (χ4v) is 3.13. The largest absolute Gasteiger partial charge is 0.478 e. The quantitative estimate of drug-likeness (QED) is 0.806. The molecule has 1 aliphatic heterocycles. The van der Waals surface area contributed by atoms with Crippen molar-refractivity contribution in [3.63, 3.8) is 0 Å². The molecule has 1 atom stereocenters. The number of likely N-dealkylation sites (tertiary alicyclic amines) is 1. The number of nitrogens with zero attached hydrogens (tertiary/aromatic N) is 1. The number of piperidine rings is 1. The standard InChI is InChI=1S/C18H25NO2/c1-2-6-17-9-3-4-12-19(17)14-16-8-5-7-15(13-16)10-11-18(20)21/h5,7-8,10-11,13,17H,2-4,6,9,12,14H2,1H3,(H,20,21)/b11-10+. The van der Waals surface area contributed by atoms with Gasteiger partial charge in [0, 0.05) is 18.7 Å². The van der Waals surface area contributed by atoms with Gasteiger partial charge in [-0.3, -0.25) is 4.90 Å². The molecule has 0 radical (unpaired) electrons. The molecular formula is C18H25NO2. The van der Waals surface area contributed by atoms with Gasteiger partial charge >= 0.3 is 5.97 Å². The van der Waals surface area contributed by atoms with Gasteiger partial charge in [-0.05, 0) is 43.0 Å². The highest BCUT2D eigenvalue weighted by atomic mass is 16.4. The van der Waals surface area contributed by atoms with Gasteiger partial charge in [-0.2, -0.15) is 0 Å². The third-order valence-electron chi connectivity index (χ3n) is 4.13. The lowest BCUT2D eigenvalue weighted by molar-refractivity contribution is -0.131. The van der Waals surface area contributed by atoms with Gasteiger partial charge in [0.05, 0.1) is 0 Å². The number of rotatable bonds is 6. The Bertz CT molecular complexity index is 494. The monoisotopic (exact) mass is 287 g/mol. The van der Waals surface area contributed by atoms with Gasteiger partial charge in [0.15, 0.2) is 0 Å². The number of carboxylic acid groups (broad SMARTS) is 1. The van der Waals surface area contributed by atoms with E-state index < -0.39 is 5.97 Å². The zero-order chi connectivity index (χ0) is 15.1. The molecule has 1 aromatic carbocycles. The molecule has 0 bridgehead atoms. The maximum Gasteiger partial charge on any atom is 0.328 e. The van der Waals surface area contributed by atoms with E-state index in [9.17, 15) is 4.79 Å². The van der Waals surface area contributed by atoms with Crippen LogP contribution in [0, 0.1) is 0 Å². The van der Waals surface area contributed by atoms with Crippen LogP contribution in [-0.2, 0) is 11.3 Å². The van der Waals surface area contributed by atoms with Crippen LogP contribution in [0.2, 0.25) is 0 Å². The van der Waals surface area contributed by atoms with Crippen LogP contribution in [0.15, 0.2) is 30.3 Å². The Hall–Kier alpha value is -1.61. The summed E-state index contributed by atoms with van der Waals surface area (Å²) in [6.07, 6.45) is 9.32. The van der Waals surface area contributed by atoms with E-state index in [1.807, 2.05) is 12.1 Å². The Kier molecular flexibility index (Phi) is 6.00. The fraction of sp³-hybridized carbons (Fsp3) is 0.500. The van der Waals surface area contributed by atoms with Crippen LogP contribution in [0.4, 0.5) is 0 Å². The second-order valence-corrected chi connectivity index (χ2v) is 5.83. The SMILES string of the molecule is CCCC1CCCCN1Cc1cccc(/C=C/C(=O)O)c1. The minimum Gasteiger partial charge on any atom is -0.478 e. The molecule has 1 aromatic rings. The third kappa shape index (κ3) is 5.01. The molecule has 0 aliphatic carbocycles. The normalized spacial score (nSPS) is 20.0. The van der Waals surface area contributed by atoms with Crippen molar-refractivity contribution in [2.24, 2.45) is 0 Å². The Balaban J connectivity index is 2.04. The summed E-state index contributed by atoms with van der Waals surface area (Å²) in [6.45, 7) is 4.41. The number of hydrogen-bond acceptors (Lipinski definition) is 2. The van der Waals surface area contributed by atoms with Crippen LogP contribution in [0.3, 0.4) is 0 Å². The Morgan fingerprint density at radius 3 is 3.05 bits per heavy atom. The third-order valence-corrected chi connectivity index (χ3v) is 4.13. The summed E-state index contributed by atoms with van der Waals surface area (Å²) in [7, 11) is 0. The molecule has 1 heterocycles. The van der Waals surface area contributed by atoms with Gasteiger partial charge in [0.2, 0.25) is 0 Å². The Morgan fingerprint density at radius 2 is 2.29 bits per heavy atom. The van der Waals surface area contributed by atoms with E-state index in [1.165, 1.54) is 50.3 Å². The van der Waals surface area contributed by atoms with E-state index in [0.29, 0.717) is 6.04 Å². The van der Waals surface area contributed by atoms with Crippen LogP contribution >= 0.6 is 0 Å². The molecule has 1 aliphatic rings. The lowest BCUT2D eigenvalue weighted by Crippen LogP contribution is -2.38. The number of benzene rings is 1. The van der Waals surface area contributed by atoms with E-state index in [0.717, 1.165) is 12.1 Å². The van der Waals surface area contributed by atoms with E-state index in [1.54, 1.807) is 6.08 Å². The molecule has 1 N–H and O–H groups in total. The summed E-state index contributed by atoms with van der Waals surface area (Å²) in [5, 5.41) is 8.70. The minimum atomic E-state index is -0.903. The van der Waals surface area contributed by atoms with Crippen molar-refractivity contribution >= 4 is 12.0 Å². The molecule has 0 aromatic heterocycles. The number of carboxylic acids is 1. The molecule has 0 spiro atoms. The summed E-state index contributed by atoms with van der Waals surface area (Å²) in [4.78, 5) is 13.2. The van der Waals surface area contributed by atoms with Crippen LogP contribution < -0.4 is 0 Å². The van der Waals surface area contributed by atoms with E-state index in [4.69, 9.17) is 5.11 Å². The molecule has 2 rings (SSSR count). The van der Waals surface area contributed by atoms with Gasteiger partial charge in [0.25, 0.3) is 0 Å². The smallest absolute Gasteiger partial charge is 0.328 e. The van der Waals surface area contributed by atoms with Crippen LogP contribution in [-0.4, -0.2) is 28.6 Å². The average molecular weight is 287 g/mol. The summed E-state index contributed by atoms with van der Waals surface area (Å²) in [5.41, 5.74) is 2.23. The summed E-state index contributed by atoms with van der Waals surface area (Å²) in [6, 6.07) is 8.90. The maximum atomic E-state index is 10.6. The highest BCUT2D eigenvalue weighted by Crippen LogP contribution is 2.23. The zero-order valence-corrected chi connectivity index (χ0v) is 12.8. The lowest BCUT2D eigenvalue weighted by Gasteiger charge is -2.35. The van der Waals surface area contributed by atoms with Gasteiger partial charge in [-0.1, -0.05) is 44.0 Å². The molecule has 1 unspecified atom stereocenters. The molecule has 3 heteroatoms. The van der Waals surface area contributed by atoms with E-state index >= 15 is 0 Å². The molecule has 1 saturated heterocycles. The number of hydrogen-bond donors (Lipinski definition) is 1. The van der Waals surface area contributed by atoms with Crippen molar-refractivity contribution in [1.29, 1.82) is 0 Å². The van der Waals surface area contributed by atoms with Crippen LogP contribution in [0.5, 0.6) is 0 Å². The van der Waals surface area contributed by atoms with Crippen molar-refractivity contribution in [3.8, 4) is 0 Å². The fourth-order valence-electron chi connectivity index (χ4n) is 3.13. The van der Waals surface area contributed by atoms with Gasteiger partial charge in [0.1, 0.15) is 0 Å². The summed E-state index contributed by atoms with van der Waals surface area (Å²) in [5.74, 6) is -0.903. The van der Waals surface area contributed by atoms with Crippen molar-refractivity contribution in [2.45, 2.75) is 51.6 Å². The first-order chi connectivity index (χ1) is 10.2. The van der Waals surface area contributed by atoms with E-state index in [2.05, 4.69) is 24.0 Å². The number of aliphatic carboxylic acids is 1. The van der Waals surface area contributed by atoms with Crippen LogP contribution in [0.25, 0.3) is 6.08 Å². The second kappa shape index (κ2) is 7.99. The minimum absolute atomic E-state index is 0.710. The molecular weight excluding hydrogens is 262 g/mol. The average Bonchev–Trinajstić information content (AvgIpc) is 2.48. The Morgan fingerprint density at radius 1 is 1.43 bits per heavy atom. The molecule has 1 fully saturated rings. The highest BCUT2D eigenvalue weighted by molar-refractivity contribution is 5.85. The summed E-state index contributed by atoms with van der Waals surface area (Å²) < 4.78 is 0. The molecule has 0 amide bonds. The predicted octanol–water partition coefficient (Wildman–Crippen LogP) is 3.94. The van der Waals surface area contributed by atoms with Gasteiger partial charge < -0.3 is 5.11 Å². The highest BCUT2D eigenvalue weighted by Gasteiger charge is 2.21. The van der Waals surface area contributed by atoms with Crippen molar-refractivity contribution in [1.82, 2.24) is 4.90 Å². The first-order valence-corrected chi connectivity index (χ1v) is 7.93. The Labute approximate surface area is 127 Å². The lowest BCUT2D eigenvalue weighted by atomic mass is 9.97. The number of carbonyl (C=O) groups is 1. The molecule has 114 valence electrons. The predicted molar refractivity (Wildman–Crippen MR) is 86.1 cm³/mol.